The summed E-state index contributed by atoms with van der Waals surface area (Å²) in [7, 11) is 0. The van der Waals surface area contributed by atoms with Crippen LogP contribution in [0.3, 0.4) is 0 Å². The number of hydrogen-bond donors (Lipinski definition) is 0. The summed E-state index contributed by atoms with van der Waals surface area (Å²) in [6.45, 7) is 6.70. The third-order valence-corrected chi connectivity index (χ3v) is 4.16. The Kier molecular flexibility index (Phi) is 3.31. The number of aromatic nitrogens is 1. The van der Waals surface area contributed by atoms with Gasteiger partial charge in [-0.05, 0) is 45.0 Å². The van der Waals surface area contributed by atoms with E-state index in [9.17, 15) is 0 Å². The molecule has 1 aromatic carbocycles. The van der Waals surface area contributed by atoms with Gasteiger partial charge in [-0.25, -0.2) is 0 Å². The van der Waals surface area contributed by atoms with Crippen molar-refractivity contribution >= 4 is 22.5 Å². The van der Waals surface area contributed by atoms with Crippen LogP contribution < -0.4 is 0 Å². The second kappa shape index (κ2) is 4.94. The molecule has 0 saturated carbocycles. The van der Waals surface area contributed by atoms with Crippen molar-refractivity contribution in [2.24, 2.45) is 0 Å². The number of benzene rings is 1. The molecule has 1 aliphatic heterocycles. The first-order valence-corrected chi connectivity index (χ1v) is 7.16. The van der Waals surface area contributed by atoms with Gasteiger partial charge in [-0.1, -0.05) is 23.7 Å². The summed E-state index contributed by atoms with van der Waals surface area (Å²) in [5.41, 5.74) is 2.58. The van der Waals surface area contributed by atoms with Crippen LogP contribution in [0.4, 0.5) is 0 Å². The Balaban J connectivity index is 2.02. The molecule has 0 amide bonds. The highest BCUT2D eigenvalue weighted by Crippen LogP contribution is 2.28. The monoisotopic (exact) mass is 262 g/mol. The zero-order valence-electron chi connectivity index (χ0n) is 10.8. The SMILES string of the molecule is CCn1c(CN2CCCC2)cc2cccc(Cl)c21. The van der Waals surface area contributed by atoms with Crippen LogP contribution in [-0.4, -0.2) is 22.6 Å². The Labute approximate surface area is 113 Å². The van der Waals surface area contributed by atoms with Gasteiger partial charge in [0, 0.05) is 24.2 Å². The molecule has 0 atom stereocenters. The summed E-state index contributed by atoms with van der Waals surface area (Å²) in [4.78, 5) is 2.54. The first-order valence-electron chi connectivity index (χ1n) is 6.78. The average Bonchev–Trinajstić information content (AvgIpc) is 2.97. The summed E-state index contributed by atoms with van der Waals surface area (Å²) in [6, 6.07) is 8.46. The fraction of sp³-hybridized carbons (Fsp3) is 0.467. The summed E-state index contributed by atoms with van der Waals surface area (Å²) < 4.78 is 2.36. The number of nitrogens with zero attached hydrogens (tertiary/aromatic N) is 2. The van der Waals surface area contributed by atoms with E-state index in [2.05, 4.69) is 28.5 Å². The van der Waals surface area contributed by atoms with Crippen molar-refractivity contribution in [3.8, 4) is 0 Å². The molecule has 0 bridgehead atoms. The van der Waals surface area contributed by atoms with Crippen molar-refractivity contribution in [2.75, 3.05) is 13.1 Å². The Morgan fingerprint density at radius 1 is 1.22 bits per heavy atom. The number of hydrogen-bond acceptors (Lipinski definition) is 1. The van der Waals surface area contributed by atoms with Gasteiger partial charge in [0.05, 0.1) is 10.5 Å². The van der Waals surface area contributed by atoms with E-state index in [0.29, 0.717) is 0 Å². The van der Waals surface area contributed by atoms with Gasteiger partial charge in [0.15, 0.2) is 0 Å². The molecule has 1 aromatic heterocycles. The minimum absolute atomic E-state index is 0.863. The maximum atomic E-state index is 6.34. The largest absolute Gasteiger partial charge is 0.342 e. The van der Waals surface area contributed by atoms with Gasteiger partial charge in [0.2, 0.25) is 0 Å². The predicted octanol–water partition coefficient (Wildman–Crippen LogP) is 3.91. The van der Waals surface area contributed by atoms with Crippen LogP contribution in [0.2, 0.25) is 5.02 Å². The molecular formula is C15H19ClN2. The Morgan fingerprint density at radius 2 is 2.00 bits per heavy atom. The molecule has 3 heteroatoms. The zero-order valence-corrected chi connectivity index (χ0v) is 11.6. The Hall–Kier alpha value is -0.990. The lowest BCUT2D eigenvalue weighted by molar-refractivity contribution is 0.322. The minimum atomic E-state index is 0.863. The molecule has 1 saturated heterocycles. The Bertz CT molecular complexity index is 553. The molecule has 2 nitrogen and oxygen atoms in total. The zero-order chi connectivity index (χ0) is 12.5. The number of rotatable bonds is 3. The number of likely N-dealkylation sites (tertiary alicyclic amines) is 1. The van der Waals surface area contributed by atoms with Gasteiger partial charge in [-0.2, -0.15) is 0 Å². The van der Waals surface area contributed by atoms with Crippen LogP contribution in [0, 0.1) is 0 Å². The number of aryl methyl sites for hydroxylation is 1. The van der Waals surface area contributed by atoms with E-state index in [1.54, 1.807) is 0 Å². The second-order valence-corrected chi connectivity index (χ2v) is 5.45. The molecule has 2 heterocycles. The van der Waals surface area contributed by atoms with E-state index in [1.807, 2.05) is 12.1 Å². The minimum Gasteiger partial charge on any atom is -0.342 e. The molecule has 1 fully saturated rings. The first-order chi connectivity index (χ1) is 8.79. The van der Waals surface area contributed by atoms with Gasteiger partial charge in [0.1, 0.15) is 0 Å². The third kappa shape index (κ3) is 2.04. The van der Waals surface area contributed by atoms with E-state index >= 15 is 0 Å². The van der Waals surface area contributed by atoms with Gasteiger partial charge in [-0.3, -0.25) is 4.90 Å². The van der Waals surface area contributed by atoms with Crippen molar-refractivity contribution in [3.63, 3.8) is 0 Å². The smallest absolute Gasteiger partial charge is 0.0672 e. The number of para-hydroxylation sites is 1. The molecule has 0 N–H and O–H groups in total. The molecular weight excluding hydrogens is 244 g/mol. The van der Waals surface area contributed by atoms with Crippen LogP contribution in [0.1, 0.15) is 25.5 Å². The van der Waals surface area contributed by atoms with Gasteiger partial charge >= 0.3 is 0 Å². The third-order valence-electron chi connectivity index (χ3n) is 3.86. The van der Waals surface area contributed by atoms with Gasteiger partial charge in [-0.15, -0.1) is 0 Å². The van der Waals surface area contributed by atoms with E-state index < -0.39 is 0 Å². The van der Waals surface area contributed by atoms with Gasteiger partial charge in [0.25, 0.3) is 0 Å². The molecule has 3 rings (SSSR count). The van der Waals surface area contributed by atoms with Crippen molar-refractivity contribution < 1.29 is 0 Å². The van der Waals surface area contributed by atoms with Gasteiger partial charge < -0.3 is 4.57 Å². The maximum absolute atomic E-state index is 6.34. The molecule has 96 valence electrons. The highest BCUT2D eigenvalue weighted by molar-refractivity contribution is 6.35. The van der Waals surface area contributed by atoms with Crippen molar-refractivity contribution in [3.05, 3.63) is 35.0 Å². The lowest BCUT2D eigenvalue weighted by Gasteiger charge is -2.16. The Morgan fingerprint density at radius 3 is 2.72 bits per heavy atom. The van der Waals surface area contributed by atoms with E-state index in [-0.39, 0.29) is 0 Å². The average molecular weight is 263 g/mol. The van der Waals surface area contributed by atoms with Crippen molar-refractivity contribution in [1.29, 1.82) is 0 Å². The predicted molar refractivity (Wildman–Crippen MR) is 77.1 cm³/mol. The number of halogens is 1. The molecule has 18 heavy (non-hydrogen) atoms. The normalized spacial score (nSPS) is 16.8. The van der Waals surface area contributed by atoms with E-state index in [0.717, 1.165) is 18.1 Å². The van der Waals surface area contributed by atoms with E-state index in [4.69, 9.17) is 11.6 Å². The fourth-order valence-electron chi connectivity index (χ4n) is 3.00. The summed E-state index contributed by atoms with van der Waals surface area (Å²) in [5.74, 6) is 0. The maximum Gasteiger partial charge on any atom is 0.0672 e. The van der Waals surface area contributed by atoms with Crippen molar-refractivity contribution in [2.45, 2.75) is 32.9 Å². The topological polar surface area (TPSA) is 8.17 Å². The fourth-order valence-corrected chi connectivity index (χ4v) is 3.28. The summed E-state index contributed by atoms with van der Waals surface area (Å²) in [5, 5.41) is 2.13. The van der Waals surface area contributed by atoms with Crippen LogP contribution in [-0.2, 0) is 13.1 Å². The molecule has 0 spiro atoms. The first kappa shape index (κ1) is 12.1. The lowest BCUT2D eigenvalue weighted by Crippen LogP contribution is -2.20. The highest BCUT2D eigenvalue weighted by atomic mass is 35.5. The number of fused-ring (bicyclic) bond motifs is 1. The quantitative estimate of drug-likeness (QED) is 0.814. The standard InChI is InChI=1S/C15H19ClN2/c1-2-18-13(11-17-8-3-4-9-17)10-12-6-5-7-14(16)15(12)18/h5-7,10H,2-4,8-9,11H2,1H3. The molecule has 0 radical (unpaired) electrons. The summed E-state index contributed by atoms with van der Waals surface area (Å²) >= 11 is 6.34. The molecule has 2 aromatic rings. The van der Waals surface area contributed by atoms with Crippen LogP contribution >= 0.6 is 11.6 Å². The lowest BCUT2D eigenvalue weighted by atomic mass is 10.2. The van der Waals surface area contributed by atoms with E-state index in [1.165, 1.54) is 42.5 Å². The van der Waals surface area contributed by atoms with Crippen LogP contribution in [0.5, 0.6) is 0 Å². The van der Waals surface area contributed by atoms with Crippen molar-refractivity contribution in [1.82, 2.24) is 9.47 Å². The highest BCUT2D eigenvalue weighted by Gasteiger charge is 2.16. The molecule has 0 unspecified atom stereocenters. The second-order valence-electron chi connectivity index (χ2n) is 5.04. The molecule has 0 aliphatic carbocycles. The molecule has 1 aliphatic rings. The summed E-state index contributed by atoms with van der Waals surface area (Å²) in [6.07, 6.45) is 2.68. The van der Waals surface area contributed by atoms with Crippen LogP contribution in [0.25, 0.3) is 10.9 Å². The van der Waals surface area contributed by atoms with Crippen LogP contribution in [0.15, 0.2) is 24.3 Å².